The first kappa shape index (κ1) is 85.1. The lowest BCUT2D eigenvalue weighted by atomic mass is 9.93. The van der Waals surface area contributed by atoms with Crippen LogP contribution in [0.5, 0.6) is 0 Å². The molecule has 5 aromatic heterocycles. The van der Waals surface area contributed by atoms with Crippen molar-refractivity contribution >= 4 is 84.2 Å². The zero-order valence-electron chi connectivity index (χ0n) is 78.6. The molecular weight excluding hydrogens is 1750 g/mol. The summed E-state index contributed by atoms with van der Waals surface area (Å²) in [7, 11) is 0. The second kappa shape index (κ2) is 36.9. The monoisotopic (exact) mass is 1840 g/mol. The molecule has 3 aliphatic rings. The number of benzene rings is 20. The highest BCUT2D eigenvalue weighted by Gasteiger charge is 2.37. The molecular formula is C135H91N9. The van der Waals surface area contributed by atoms with Crippen LogP contribution >= 0.6 is 0 Å². The summed E-state index contributed by atoms with van der Waals surface area (Å²) in [5, 5.41) is 3.69. The number of hydrogen-bond acceptors (Lipinski definition) is 6. The Bertz CT molecular complexity index is 9060. The zero-order valence-corrected chi connectivity index (χ0v) is 78.6. The number of anilines is 9. The van der Waals surface area contributed by atoms with Crippen LogP contribution in [0, 0.1) is 0 Å². The summed E-state index contributed by atoms with van der Waals surface area (Å²) in [6.07, 6.45) is 5.96. The molecule has 9 nitrogen and oxygen atoms in total. The Kier molecular flexibility index (Phi) is 21.8. The molecule has 9 heteroatoms. The van der Waals surface area contributed by atoms with Gasteiger partial charge in [-0.2, -0.15) is 0 Å². The minimum atomic E-state index is 0.624. The first-order valence-corrected chi connectivity index (χ1v) is 49.0. The molecule has 144 heavy (non-hydrogen) atoms. The summed E-state index contributed by atoms with van der Waals surface area (Å²) < 4.78 is 6.95. The van der Waals surface area contributed by atoms with Crippen LogP contribution in [0.1, 0.15) is 0 Å². The maximum absolute atomic E-state index is 5.41. The van der Waals surface area contributed by atoms with Gasteiger partial charge in [0.25, 0.3) is 0 Å². The fourth-order valence-corrected chi connectivity index (χ4v) is 21.8. The van der Waals surface area contributed by atoms with E-state index >= 15 is 0 Å². The molecule has 0 fully saturated rings. The van der Waals surface area contributed by atoms with Crippen molar-refractivity contribution in [2.45, 2.75) is 0 Å². The minimum absolute atomic E-state index is 0.624. The molecule has 5 heterocycles. The highest BCUT2D eigenvalue weighted by atomic mass is 15.3. The van der Waals surface area contributed by atoms with Gasteiger partial charge in [0.1, 0.15) is 17.5 Å². The van der Waals surface area contributed by atoms with Gasteiger partial charge in [0.2, 0.25) is 5.95 Å². The molecule has 0 bridgehead atoms. The normalized spacial score (nSPS) is 11.5. The second-order valence-corrected chi connectivity index (χ2v) is 36.4. The Morgan fingerprint density at radius 3 is 0.917 bits per heavy atom. The quantitative estimate of drug-likeness (QED) is 0.0961. The van der Waals surface area contributed by atoms with Gasteiger partial charge in [-0.05, 0) is 250 Å². The standard InChI is InChI=1S/C49H33N3.C44H30N2.C42H28N4/c1-4-16-34(17-5-1)35-30-32-38(33-31-35)51(37-20-8-3-9-21-37)49-48-43-25-13-12-24-41(43)39-22-10-11-23-40(39)42-26-14-28-45(47(42)48)52(49)46-29-15-27-44(50-46)36-18-6-2-7-19-36;1-4-13-31(14-5-1)32-23-25-35(26-24-32)46(34-17-8-3-9-18-34)36-27-28-39-41(29-36)38-20-11-10-19-37(38)40-21-12-22-43-44(40)42(39)30-45(43)33-15-6-2-7-16-33;1-3-13-29(14-4-1)30-23-25-32(26-24-30)45(31-15-5-2-6-16-31)41-40-37-20-10-9-19-35(37)33-17-7-8-18-34(33)36-21-11-22-38(39(36)40)46(41)42-43-27-12-28-44-42/h1-33H;1-30H;1-28H. The molecule has 0 saturated heterocycles. The van der Waals surface area contributed by atoms with Crippen molar-refractivity contribution < 1.29 is 0 Å². The number of hydrogen-bond donors (Lipinski definition) is 0. The molecule has 0 saturated carbocycles. The van der Waals surface area contributed by atoms with Gasteiger partial charge in [0.05, 0.1) is 22.2 Å². The summed E-state index contributed by atoms with van der Waals surface area (Å²) in [5.41, 5.74) is 43.3. The molecule has 28 rings (SSSR count). The lowest BCUT2D eigenvalue weighted by Crippen LogP contribution is -2.16. The summed E-state index contributed by atoms with van der Waals surface area (Å²) in [6, 6.07) is 191. The van der Waals surface area contributed by atoms with Crippen molar-refractivity contribution in [3.8, 4) is 162 Å². The number of aromatic nitrogens is 6. The minimum Gasteiger partial charge on any atom is -0.316 e. The van der Waals surface area contributed by atoms with Gasteiger partial charge in [0.15, 0.2) is 0 Å². The van der Waals surface area contributed by atoms with E-state index in [0.29, 0.717) is 5.95 Å². The number of nitrogens with zero attached hydrogens (tertiary/aromatic N) is 9. The predicted molar refractivity (Wildman–Crippen MR) is 599 cm³/mol. The summed E-state index contributed by atoms with van der Waals surface area (Å²) in [4.78, 5) is 22.2. The average molecular weight is 1840 g/mol. The summed E-state index contributed by atoms with van der Waals surface area (Å²) in [5.74, 6) is 3.52. The van der Waals surface area contributed by atoms with E-state index in [2.05, 4.69) is 556 Å². The number of pyridine rings is 1. The zero-order chi connectivity index (χ0) is 95.3. The van der Waals surface area contributed by atoms with Crippen LogP contribution in [0.3, 0.4) is 0 Å². The van der Waals surface area contributed by atoms with E-state index in [-0.39, 0.29) is 0 Å². The van der Waals surface area contributed by atoms with Gasteiger partial charge < -0.3 is 9.47 Å². The molecule has 3 aliphatic carbocycles. The Labute approximate surface area is 836 Å². The Balaban J connectivity index is 0.000000110. The molecule has 0 N–H and O–H groups in total. The van der Waals surface area contributed by atoms with Gasteiger partial charge in [-0.15, -0.1) is 0 Å². The van der Waals surface area contributed by atoms with E-state index in [0.717, 1.165) is 90.8 Å². The SMILES string of the molecule is c1ccc(-c2ccc(N(c3ccccc3)c3c4c5c(cccc5n3-c3cccc(-c5ccccc5)n3)-c3ccccc3-c3ccccc3-4)cc2)cc1.c1ccc(-c2ccc(N(c3ccccc3)c3c4c5c(cccc5n3-c3ncccn3)-c3ccccc3-c3ccccc3-4)cc2)cc1.c1ccc(-c2ccc(N(c3ccccc3)c3ccc4c(c3)-c3ccccc3-c3cccc5c3c-4cn5-c3ccccc3)cc2)cc1. The lowest BCUT2D eigenvalue weighted by molar-refractivity contribution is 0.950. The van der Waals surface area contributed by atoms with Crippen molar-refractivity contribution in [1.29, 1.82) is 0 Å². The Hall–Kier alpha value is -19.4. The predicted octanol–water partition coefficient (Wildman–Crippen LogP) is 36.1. The molecule has 0 spiro atoms. The van der Waals surface area contributed by atoms with Crippen molar-refractivity contribution in [3.05, 3.63) is 552 Å². The molecule has 0 atom stereocenters. The second-order valence-electron chi connectivity index (χ2n) is 36.4. The lowest BCUT2D eigenvalue weighted by Gasteiger charge is -2.29. The molecule has 0 radical (unpaired) electrons. The van der Waals surface area contributed by atoms with E-state index in [1.807, 2.05) is 24.5 Å². The number of rotatable bonds is 16. The van der Waals surface area contributed by atoms with E-state index in [4.69, 9.17) is 15.0 Å². The highest BCUT2D eigenvalue weighted by Crippen LogP contribution is 2.59. The van der Waals surface area contributed by atoms with E-state index < -0.39 is 0 Å². The number of fused-ring (bicyclic) bond motifs is 15. The van der Waals surface area contributed by atoms with Crippen molar-refractivity contribution in [2.24, 2.45) is 0 Å². The summed E-state index contributed by atoms with van der Waals surface area (Å²) >= 11 is 0. The first-order valence-electron chi connectivity index (χ1n) is 49.0. The van der Waals surface area contributed by atoms with Gasteiger partial charge in [-0.25, -0.2) is 15.0 Å². The van der Waals surface area contributed by atoms with Crippen LogP contribution < -0.4 is 14.7 Å². The fourth-order valence-electron chi connectivity index (χ4n) is 21.8. The van der Waals surface area contributed by atoms with Gasteiger partial charge in [0, 0.05) is 103 Å². The third-order valence-corrected chi connectivity index (χ3v) is 28.2. The van der Waals surface area contributed by atoms with Crippen molar-refractivity contribution in [3.63, 3.8) is 0 Å². The summed E-state index contributed by atoms with van der Waals surface area (Å²) in [6.45, 7) is 0. The van der Waals surface area contributed by atoms with Crippen LogP contribution in [0.25, 0.3) is 195 Å². The van der Waals surface area contributed by atoms with Crippen LogP contribution in [0.4, 0.5) is 51.4 Å². The smallest absolute Gasteiger partial charge is 0.235 e. The van der Waals surface area contributed by atoms with Crippen LogP contribution in [0.2, 0.25) is 0 Å². The molecule has 0 unspecified atom stereocenters. The first-order chi connectivity index (χ1) is 71.5. The van der Waals surface area contributed by atoms with Gasteiger partial charge >= 0.3 is 0 Å². The van der Waals surface area contributed by atoms with Crippen molar-refractivity contribution in [1.82, 2.24) is 28.7 Å². The highest BCUT2D eigenvalue weighted by molar-refractivity contribution is 6.21. The third kappa shape index (κ3) is 15.1. The van der Waals surface area contributed by atoms with Crippen molar-refractivity contribution in [2.75, 3.05) is 14.7 Å². The van der Waals surface area contributed by atoms with E-state index in [9.17, 15) is 0 Å². The maximum Gasteiger partial charge on any atom is 0.235 e. The van der Waals surface area contributed by atoms with Crippen LogP contribution in [-0.4, -0.2) is 28.7 Å². The van der Waals surface area contributed by atoms with Gasteiger partial charge in [-0.3, -0.25) is 18.9 Å². The molecule has 676 valence electrons. The van der Waals surface area contributed by atoms with E-state index in [1.54, 1.807) is 0 Å². The third-order valence-electron chi connectivity index (χ3n) is 28.2. The number of para-hydroxylation sites is 4. The maximum atomic E-state index is 5.41. The Morgan fingerprint density at radius 2 is 0.479 bits per heavy atom. The molecule has 0 amide bonds. The fraction of sp³-hybridized carbons (Fsp3) is 0. The molecule has 25 aromatic rings. The largest absolute Gasteiger partial charge is 0.316 e. The van der Waals surface area contributed by atoms with Gasteiger partial charge in [-0.1, -0.05) is 400 Å². The van der Waals surface area contributed by atoms with Crippen LogP contribution in [-0.2, 0) is 0 Å². The molecule has 20 aromatic carbocycles. The van der Waals surface area contributed by atoms with Crippen LogP contribution in [0.15, 0.2) is 552 Å². The average Bonchev–Trinajstić information content (AvgIpc) is 1.55. The molecule has 0 aliphatic heterocycles. The topological polar surface area (TPSA) is 63.2 Å². The Morgan fingerprint density at radius 1 is 0.181 bits per heavy atom. The van der Waals surface area contributed by atoms with E-state index in [1.165, 1.54) is 150 Å².